The van der Waals surface area contributed by atoms with Crippen molar-refractivity contribution in [3.8, 4) is 5.75 Å². The van der Waals surface area contributed by atoms with Gasteiger partial charge in [-0.05, 0) is 31.0 Å². The number of aryl methyl sites for hydroxylation is 1. The first-order valence-corrected chi connectivity index (χ1v) is 8.58. The van der Waals surface area contributed by atoms with E-state index < -0.39 is 0 Å². The van der Waals surface area contributed by atoms with Crippen LogP contribution in [0.25, 0.3) is 0 Å². The molecule has 0 atom stereocenters. The summed E-state index contributed by atoms with van der Waals surface area (Å²) in [5, 5.41) is 0. The lowest BCUT2D eigenvalue weighted by Gasteiger charge is -2.34. The van der Waals surface area contributed by atoms with Crippen LogP contribution in [0, 0.1) is 13.8 Å². The Kier molecular flexibility index (Phi) is 5.46. The van der Waals surface area contributed by atoms with E-state index in [-0.39, 0.29) is 18.4 Å². The molecule has 136 valence electrons. The SMILES string of the molecule is Cc1cccc(OCC(=O)N2CCN(C(=O)c3cnccn3)CC2)c1C. The average Bonchev–Trinajstić information content (AvgIpc) is 2.69. The van der Waals surface area contributed by atoms with Crippen molar-refractivity contribution in [2.75, 3.05) is 32.8 Å². The second-order valence-electron chi connectivity index (χ2n) is 6.25. The molecule has 7 nitrogen and oxygen atoms in total. The number of carbonyl (C=O) groups is 2. The normalized spacial score (nSPS) is 14.2. The first-order chi connectivity index (χ1) is 12.6. The van der Waals surface area contributed by atoms with Gasteiger partial charge in [-0.25, -0.2) is 4.98 Å². The predicted molar refractivity (Wildman–Crippen MR) is 95.9 cm³/mol. The number of benzene rings is 1. The summed E-state index contributed by atoms with van der Waals surface area (Å²) in [4.78, 5) is 36.1. The molecule has 0 N–H and O–H groups in total. The molecule has 26 heavy (non-hydrogen) atoms. The molecule has 1 saturated heterocycles. The van der Waals surface area contributed by atoms with Gasteiger partial charge in [0, 0.05) is 38.6 Å². The molecule has 1 aliphatic rings. The molecule has 1 fully saturated rings. The van der Waals surface area contributed by atoms with Crippen molar-refractivity contribution in [3.05, 3.63) is 53.6 Å². The van der Waals surface area contributed by atoms with Gasteiger partial charge in [0.25, 0.3) is 11.8 Å². The quantitative estimate of drug-likeness (QED) is 0.831. The monoisotopic (exact) mass is 354 g/mol. The summed E-state index contributed by atoms with van der Waals surface area (Å²) in [6.07, 6.45) is 4.48. The zero-order valence-electron chi connectivity index (χ0n) is 15.0. The van der Waals surface area contributed by atoms with Crippen LogP contribution in [-0.4, -0.2) is 64.4 Å². The topological polar surface area (TPSA) is 75.6 Å². The Morgan fingerprint density at radius 3 is 2.50 bits per heavy atom. The average molecular weight is 354 g/mol. The molecule has 0 radical (unpaired) electrons. The fourth-order valence-corrected chi connectivity index (χ4v) is 2.84. The molecule has 2 aromatic rings. The minimum absolute atomic E-state index is 0.00238. The second kappa shape index (κ2) is 7.95. The summed E-state index contributed by atoms with van der Waals surface area (Å²) in [6.45, 7) is 5.92. The molecule has 1 aliphatic heterocycles. The number of ether oxygens (including phenoxy) is 1. The molecular weight excluding hydrogens is 332 g/mol. The number of aromatic nitrogens is 2. The van der Waals surface area contributed by atoms with E-state index in [1.165, 1.54) is 18.6 Å². The molecule has 2 heterocycles. The largest absolute Gasteiger partial charge is 0.483 e. The highest BCUT2D eigenvalue weighted by Gasteiger charge is 2.25. The van der Waals surface area contributed by atoms with E-state index in [9.17, 15) is 9.59 Å². The van der Waals surface area contributed by atoms with Crippen LogP contribution in [0.1, 0.15) is 21.6 Å². The van der Waals surface area contributed by atoms with E-state index in [0.29, 0.717) is 31.9 Å². The van der Waals surface area contributed by atoms with E-state index >= 15 is 0 Å². The van der Waals surface area contributed by atoms with Crippen molar-refractivity contribution in [3.63, 3.8) is 0 Å². The molecule has 0 spiro atoms. The Bertz CT molecular complexity index is 787. The van der Waals surface area contributed by atoms with Crippen molar-refractivity contribution in [1.29, 1.82) is 0 Å². The van der Waals surface area contributed by atoms with Gasteiger partial charge in [0.15, 0.2) is 6.61 Å². The summed E-state index contributed by atoms with van der Waals surface area (Å²) >= 11 is 0. The molecule has 0 aliphatic carbocycles. The van der Waals surface area contributed by atoms with Crippen molar-refractivity contribution in [2.45, 2.75) is 13.8 Å². The first-order valence-electron chi connectivity index (χ1n) is 8.58. The van der Waals surface area contributed by atoms with Gasteiger partial charge >= 0.3 is 0 Å². The van der Waals surface area contributed by atoms with Crippen molar-refractivity contribution < 1.29 is 14.3 Å². The molecular formula is C19H22N4O3. The minimum atomic E-state index is -0.156. The van der Waals surface area contributed by atoms with Gasteiger partial charge in [0.05, 0.1) is 6.20 Å². The van der Waals surface area contributed by atoms with Gasteiger partial charge in [0.2, 0.25) is 0 Å². The van der Waals surface area contributed by atoms with Crippen LogP contribution in [0.2, 0.25) is 0 Å². The number of amides is 2. The van der Waals surface area contributed by atoms with Gasteiger partial charge in [-0.2, -0.15) is 0 Å². The van der Waals surface area contributed by atoms with Gasteiger partial charge in [-0.1, -0.05) is 12.1 Å². The maximum Gasteiger partial charge on any atom is 0.274 e. The number of carbonyl (C=O) groups excluding carboxylic acids is 2. The van der Waals surface area contributed by atoms with Crippen molar-refractivity contribution >= 4 is 11.8 Å². The molecule has 2 amide bonds. The van der Waals surface area contributed by atoms with Crippen LogP contribution in [-0.2, 0) is 4.79 Å². The third-order valence-corrected chi connectivity index (χ3v) is 4.61. The Morgan fingerprint density at radius 1 is 1.08 bits per heavy atom. The fraction of sp³-hybridized carbons (Fsp3) is 0.368. The fourth-order valence-electron chi connectivity index (χ4n) is 2.84. The summed E-state index contributed by atoms with van der Waals surface area (Å²) < 4.78 is 5.69. The second-order valence-corrected chi connectivity index (χ2v) is 6.25. The van der Waals surface area contributed by atoms with E-state index in [0.717, 1.165) is 16.9 Å². The highest BCUT2D eigenvalue weighted by molar-refractivity contribution is 5.92. The molecule has 0 unspecified atom stereocenters. The molecule has 0 saturated carbocycles. The summed E-state index contributed by atoms with van der Waals surface area (Å²) in [7, 11) is 0. The third-order valence-electron chi connectivity index (χ3n) is 4.61. The van der Waals surface area contributed by atoms with Gasteiger partial charge in [-0.3, -0.25) is 14.6 Å². The van der Waals surface area contributed by atoms with E-state index in [4.69, 9.17) is 4.74 Å². The van der Waals surface area contributed by atoms with Crippen LogP contribution < -0.4 is 4.74 Å². The Hall–Kier alpha value is -2.96. The van der Waals surface area contributed by atoms with Crippen LogP contribution >= 0.6 is 0 Å². The first kappa shape index (κ1) is 17.8. The molecule has 3 rings (SSSR count). The number of piperazine rings is 1. The number of nitrogens with zero attached hydrogens (tertiary/aromatic N) is 4. The van der Waals surface area contributed by atoms with E-state index in [1.807, 2.05) is 32.0 Å². The predicted octanol–water partition coefficient (Wildman–Crippen LogP) is 1.46. The lowest BCUT2D eigenvalue weighted by atomic mass is 10.1. The van der Waals surface area contributed by atoms with Crippen LogP contribution in [0.4, 0.5) is 0 Å². The Morgan fingerprint density at radius 2 is 1.81 bits per heavy atom. The molecule has 0 bridgehead atoms. The highest BCUT2D eigenvalue weighted by Crippen LogP contribution is 2.20. The number of rotatable bonds is 4. The van der Waals surface area contributed by atoms with Crippen molar-refractivity contribution in [1.82, 2.24) is 19.8 Å². The molecule has 1 aromatic carbocycles. The Balaban J connectivity index is 1.51. The third kappa shape index (κ3) is 3.99. The van der Waals surface area contributed by atoms with Gasteiger partial charge < -0.3 is 14.5 Å². The van der Waals surface area contributed by atoms with Crippen LogP contribution in [0.3, 0.4) is 0 Å². The summed E-state index contributed by atoms with van der Waals surface area (Å²) in [5.74, 6) is 0.504. The minimum Gasteiger partial charge on any atom is -0.483 e. The lowest BCUT2D eigenvalue weighted by molar-refractivity contribution is -0.134. The van der Waals surface area contributed by atoms with Gasteiger partial charge in [-0.15, -0.1) is 0 Å². The maximum absolute atomic E-state index is 12.4. The standard InChI is InChI=1S/C19H22N4O3/c1-14-4-3-5-17(15(14)2)26-13-18(24)22-8-10-23(11-9-22)19(25)16-12-20-6-7-21-16/h3-7,12H,8-11,13H2,1-2H3. The number of hydrogen-bond acceptors (Lipinski definition) is 5. The zero-order valence-corrected chi connectivity index (χ0v) is 15.0. The van der Waals surface area contributed by atoms with Crippen LogP contribution in [0.15, 0.2) is 36.8 Å². The molecule has 7 heteroatoms. The molecule has 1 aromatic heterocycles. The summed E-state index contributed by atoms with van der Waals surface area (Å²) in [5.41, 5.74) is 2.50. The van der Waals surface area contributed by atoms with Crippen molar-refractivity contribution in [2.24, 2.45) is 0 Å². The summed E-state index contributed by atoms with van der Waals surface area (Å²) in [6, 6.07) is 5.80. The zero-order chi connectivity index (χ0) is 18.5. The highest BCUT2D eigenvalue weighted by atomic mass is 16.5. The maximum atomic E-state index is 12.4. The lowest BCUT2D eigenvalue weighted by Crippen LogP contribution is -2.51. The Labute approximate surface area is 152 Å². The van der Waals surface area contributed by atoms with E-state index in [1.54, 1.807) is 9.80 Å². The number of hydrogen-bond donors (Lipinski definition) is 0. The van der Waals surface area contributed by atoms with E-state index in [2.05, 4.69) is 9.97 Å². The van der Waals surface area contributed by atoms with Crippen LogP contribution in [0.5, 0.6) is 5.75 Å². The van der Waals surface area contributed by atoms with Gasteiger partial charge in [0.1, 0.15) is 11.4 Å². The smallest absolute Gasteiger partial charge is 0.274 e.